The maximum atomic E-state index is 13.4. The predicted molar refractivity (Wildman–Crippen MR) is 124 cm³/mol. The summed E-state index contributed by atoms with van der Waals surface area (Å²) in [6.07, 6.45) is 5.40. The number of nitrogens with one attached hydrogen (secondary N) is 1. The number of rotatable bonds is 8. The number of thiophene rings is 1. The predicted octanol–water partition coefficient (Wildman–Crippen LogP) is 4.89. The first-order chi connectivity index (χ1) is 14.4. The zero-order chi connectivity index (χ0) is 21.6. The number of nitrogens with zero attached hydrogens (tertiary/aromatic N) is 1. The third kappa shape index (κ3) is 5.92. The SMILES string of the molecule is CC(C)(CN)CN(Cc1ccccc1NC(=O)c1cccs1)C(=O)C1CCCCC1. The molecule has 0 saturated heterocycles. The lowest BCUT2D eigenvalue weighted by Crippen LogP contribution is -2.44. The number of nitrogens with two attached hydrogens (primary N) is 1. The van der Waals surface area contributed by atoms with Crippen LogP contribution < -0.4 is 11.1 Å². The smallest absolute Gasteiger partial charge is 0.265 e. The van der Waals surface area contributed by atoms with Crippen molar-refractivity contribution in [3.63, 3.8) is 0 Å². The molecule has 1 saturated carbocycles. The fourth-order valence-electron chi connectivity index (χ4n) is 3.98. The monoisotopic (exact) mass is 427 g/mol. The molecule has 162 valence electrons. The Morgan fingerprint density at radius 3 is 2.53 bits per heavy atom. The van der Waals surface area contributed by atoms with Gasteiger partial charge in [0.2, 0.25) is 5.91 Å². The molecular formula is C24H33N3O2S. The van der Waals surface area contributed by atoms with Crippen LogP contribution in [0.2, 0.25) is 0 Å². The van der Waals surface area contributed by atoms with Gasteiger partial charge in [-0.05, 0) is 47.9 Å². The minimum absolute atomic E-state index is 0.0974. The van der Waals surface area contributed by atoms with Crippen LogP contribution in [0.1, 0.15) is 61.2 Å². The Labute approximate surface area is 183 Å². The van der Waals surface area contributed by atoms with Gasteiger partial charge >= 0.3 is 0 Å². The maximum Gasteiger partial charge on any atom is 0.265 e. The summed E-state index contributed by atoms with van der Waals surface area (Å²) in [5.41, 5.74) is 7.51. The van der Waals surface area contributed by atoms with Gasteiger partial charge in [-0.2, -0.15) is 0 Å². The molecule has 1 aliphatic carbocycles. The number of para-hydroxylation sites is 1. The second kappa shape index (κ2) is 10.2. The van der Waals surface area contributed by atoms with E-state index in [1.165, 1.54) is 17.8 Å². The van der Waals surface area contributed by atoms with E-state index in [1.807, 2.05) is 46.7 Å². The first kappa shape index (κ1) is 22.5. The molecule has 1 aromatic carbocycles. The zero-order valence-electron chi connectivity index (χ0n) is 18.0. The molecule has 0 radical (unpaired) electrons. The molecule has 1 aromatic heterocycles. The third-order valence-corrected chi connectivity index (χ3v) is 6.68. The van der Waals surface area contributed by atoms with Gasteiger partial charge in [-0.1, -0.05) is 57.4 Å². The van der Waals surface area contributed by atoms with Crippen LogP contribution in [0, 0.1) is 11.3 Å². The molecule has 2 aromatic rings. The van der Waals surface area contributed by atoms with Crippen molar-refractivity contribution < 1.29 is 9.59 Å². The highest BCUT2D eigenvalue weighted by molar-refractivity contribution is 7.12. The Hall–Kier alpha value is -2.18. The number of carbonyl (C=O) groups excluding carboxylic acids is 2. The van der Waals surface area contributed by atoms with Gasteiger partial charge in [-0.3, -0.25) is 9.59 Å². The summed E-state index contributed by atoms with van der Waals surface area (Å²) in [4.78, 5) is 28.6. The summed E-state index contributed by atoms with van der Waals surface area (Å²) in [7, 11) is 0. The fourth-order valence-corrected chi connectivity index (χ4v) is 4.60. The highest BCUT2D eigenvalue weighted by Gasteiger charge is 2.30. The number of amides is 2. The molecule has 30 heavy (non-hydrogen) atoms. The van der Waals surface area contributed by atoms with E-state index in [1.54, 1.807) is 0 Å². The molecule has 1 heterocycles. The first-order valence-electron chi connectivity index (χ1n) is 10.8. The van der Waals surface area contributed by atoms with Crippen LogP contribution in [0.4, 0.5) is 5.69 Å². The van der Waals surface area contributed by atoms with Gasteiger partial charge in [0, 0.05) is 24.7 Å². The first-order valence-corrected chi connectivity index (χ1v) is 11.7. The largest absolute Gasteiger partial charge is 0.337 e. The molecule has 1 aliphatic rings. The molecule has 3 N–H and O–H groups in total. The summed E-state index contributed by atoms with van der Waals surface area (Å²) < 4.78 is 0. The standard InChI is InChI=1S/C24H33N3O2S/c1-24(2,16-25)17-27(23(29)18-9-4-3-5-10-18)15-19-11-6-7-12-20(19)26-22(28)21-13-8-14-30-21/h6-8,11-14,18H,3-5,9-10,15-17,25H2,1-2H3,(H,26,28). The van der Waals surface area contributed by atoms with Gasteiger partial charge in [0.1, 0.15) is 0 Å². The molecule has 1 fully saturated rings. The van der Waals surface area contributed by atoms with Crippen molar-refractivity contribution in [1.82, 2.24) is 4.90 Å². The number of hydrogen-bond donors (Lipinski definition) is 2. The lowest BCUT2D eigenvalue weighted by Gasteiger charge is -2.35. The number of carbonyl (C=O) groups is 2. The number of benzene rings is 1. The van der Waals surface area contributed by atoms with Gasteiger partial charge < -0.3 is 16.0 Å². The minimum Gasteiger partial charge on any atom is -0.337 e. The van der Waals surface area contributed by atoms with Crippen molar-refractivity contribution in [2.75, 3.05) is 18.4 Å². The Kier molecular flexibility index (Phi) is 7.67. The highest BCUT2D eigenvalue weighted by atomic mass is 32.1. The molecule has 0 bridgehead atoms. The van der Waals surface area contributed by atoms with Crippen molar-refractivity contribution in [3.8, 4) is 0 Å². The van der Waals surface area contributed by atoms with E-state index in [4.69, 9.17) is 5.73 Å². The summed E-state index contributed by atoms with van der Waals surface area (Å²) in [5, 5.41) is 4.91. The van der Waals surface area contributed by atoms with Gasteiger partial charge in [0.15, 0.2) is 0 Å². The summed E-state index contributed by atoms with van der Waals surface area (Å²) in [6, 6.07) is 11.4. The Balaban J connectivity index is 1.81. The van der Waals surface area contributed by atoms with Gasteiger partial charge in [-0.25, -0.2) is 0 Å². The lowest BCUT2D eigenvalue weighted by molar-refractivity contribution is -0.138. The molecule has 0 aliphatic heterocycles. The van der Waals surface area contributed by atoms with Crippen LogP contribution in [-0.4, -0.2) is 29.8 Å². The average Bonchev–Trinajstić information content (AvgIpc) is 3.30. The Bertz CT molecular complexity index is 842. The van der Waals surface area contributed by atoms with E-state index in [-0.39, 0.29) is 23.1 Å². The summed E-state index contributed by atoms with van der Waals surface area (Å²) in [5.74, 6) is 0.195. The topological polar surface area (TPSA) is 75.4 Å². The van der Waals surface area contributed by atoms with Crippen LogP contribution in [0.25, 0.3) is 0 Å². The minimum atomic E-state index is -0.167. The average molecular weight is 428 g/mol. The maximum absolute atomic E-state index is 13.4. The fraction of sp³-hybridized carbons (Fsp3) is 0.500. The molecule has 0 atom stereocenters. The van der Waals surface area contributed by atoms with Crippen molar-refractivity contribution in [2.45, 2.75) is 52.5 Å². The summed E-state index contributed by atoms with van der Waals surface area (Å²) in [6.45, 7) is 5.78. The lowest BCUT2D eigenvalue weighted by atomic mass is 9.86. The molecule has 0 unspecified atom stereocenters. The second-order valence-corrected chi connectivity index (χ2v) is 9.93. The zero-order valence-corrected chi connectivity index (χ0v) is 18.8. The highest BCUT2D eigenvalue weighted by Crippen LogP contribution is 2.29. The van der Waals surface area contributed by atoms with Gasteiger partial charge in [-0.15, -0.1) is 11.3 Å². The van der Waals surface area contributed by atoms with E-state index in [9.17, 15) is 9.59 Å². The van der Waals surface area contributed by atoms with Crippen LogP contribution in [0.15, 0.2) is 41.8 Å². The van der Waals surface area contributed by atoms with Crippen LogP contribution in [0.5, 0.6) is 0 Å². The van der Waals surface area contributed by atoms with Crippen molar-refractivity contribution >= 4 is 28.8 Å². The van der Waals surface area contributed by atoms with E-state index in [2.05, 4.69) is 19.2 Å². The van der Waals surface area contributed by atoms with E-state index >= 15 is 0 Å². The third-order valence-electron chi connectivity index (χ3n) is 5.81. The number of hydrogen-bond acceptors (Lipinski definition) is 4. The Morgan fingerprint density at radius 1 is 1.13 bits per heavy atom. The van der Waals surface area contributed by atoms with Gasteiger partial charge in [0.05, 0.1) is 4.88 Å². The van der Waals surface area contributed by atoms with Gasteiger partial charge in [0.25, 0.3) is 5.91 Å². The van der Waals surface area contributed by atoms with E-state index in [0.717, 1.165) is 36.9 Å². The van der Waals surface area contributed by atoms with Crippen molar-refractivity contribution in [2.24, 2.45) is 17.1 Å². The normalized spacial score (nSPS) is 15.0. The molecule has 0 spiro atoms. The van der Waals surface area contributed by atoms with E-state index < -0.39 is 0 Å². The Morgan fingerprint density at radius 2 is 1.87 bits per heavy atom. The summed E-state index contributed by atoms with van der Waals surface area (Å²) >= 11 is 1.41. The molecule has 6 heteroatoms. The molecule has 5 nitrogen and oxygen atoms in total. The van der Waals surface area contributed by atoms with Crippen LogP contribution in [0.3, 0.4) is 0 Å². The van der Waals surface area contributed by atoms with E-state index in [0.29, 0.717) is 24.5 Å². The molecule has 2 amide bonds. The second-order valence-electron chi connectivity index (χ2n) is 8.99. The van der Waals surface area contributed by atoms with Crippen molar-refractivity contribution in [3.05, 3.63) is 52.2 Å². The quantitative estimate of drug-likeness (QED) is 0.629. The van der Waals surface area contributed by atoms with Crippen LogP contribution >= 0.6 is 11.3 Å². The molecular weight excluding hydrogens is 394 g/mol. The van der Waals surface area contributed by atoms with Crippen LogP contribution in [-0.2, 0) is 11.3 Å². The van der Waals surface area contributed by atoms with Crippen molar-refractivity contribution in [1.29, 1.82) is 0 Å². The number of anilines is 1. The molecule has 3 rings (SSSR count).